The first-order valence-electron chi connectivity index (χ1n) is 5.20. The van der Waals surface area contributed by atoms with Gasteiger partial charge in [0.05, 0.1) is 6.54 Å². The number of rotatable bonds is 2. The molecule has 2 N–H and O–H groups in total. The third kappa shape index (κ3) is 5.44. The Morgan fingerprint density at radius 1 is 1.29 bits per heavy atom. The summed E-state index contributed by atoms with van der Waals surface area (Å²) in [5.74, 6) is 1.14. The summed E-state index contributed by atoms with van der Waals surface area (Å²) in [6.07, 6.45) is 6.07. The number of aromatic nitrogens is 2. The summed E-state index contributed by atoms with van der Waals surface area (Å²) in [4.78, 5) is 6.74. The predicted molar refractivity (Wildman–Crippen MR) is 77.4 cm³/mol. The second kappa shape index (κ2) is 9.00. The van der Waals surface area contributed by atoms with E-state index in [4.69, 9.17) is 5.73 Å². The van der Waals surface area contributed by atoms with Crippen LogP contribution >= 0.6 is 37.2 Å². The van der Waals surface area contributed by atoms with Gasteiger partial charge in [-0.25, -0.2) is 4.98 Å². The number of likely N-dealkylation sites (tertiary alicyclic amines) is 1. The predicted octanol–water partition coefficient (Wildman–Crippen LogP) is 1.61. The van der Waals surface area contributed by atoms with Crippen LogP contribution in [0.3, 0.4) is 0 Å². The first-order chi connectivity index (χ1) is 6.75. The van der Waals surface area contributed by atoms with Crippen molar-refractivity contribution in [3.63, 3.8) is 0 Å². The number of hydrogen-bond donors (Lipinski definition) is 1. The second-order valence-electron chi connectivity index (χ2n) is 4.07. The molecule has 2 rings (SSSR count). The van der Waals surface area contributed by atoms with E-state index < -0.39 is 0 Å². The number of aryl methyl sites for hydroxylation is 1. The Labute approximate surface area is 121 Å². The molecule has 0 radical (unpaired) electrons. The normalized spacial score (nSPS) is 16.6. The monoisotopic (exact) mass is 302 g/mol. The Morgan fingerprint density at radius 2 is 1.88 bits per heavy atom. The van der Waals surface area contributed by atoms with Gasteiger partial charge >= 0.3 is 0 Å². The van der Waals surface area contributed by atoms with E-state index in [0.717, 1.165) is 38.3 Å². The van der Waals surface area contributed by atoms with Crippen LogP contribution in [0.5, 0.6) is 0 Å². The van der Waals surface area contributed by atoms with Gasteiger partial charge in [0.1, 0.15) is 5.82 Å². The van der Waals surface area contributed by atoms with Gasteiger partial charge in [0.2, 0.25) is 0 Å². The molecule has 1 fully saturated rings. The summed E-state index contributed by atoms with van der Waals surface area (Å²) in [5, 5.41) is 0. The molecule has 1 aromatic heterocycles. The van der Waals surface area contributed by atoms with Crippen molar-refractivity contribution >= 4 is 37.2 Å². The van der Waals surface area contributed by atoms with Crippen LogP contribution in [-0.4, -0.2) is 33.6 Å². The van der Waals surface area contributed by atoms with Crippen LogP contribution in [0.1, 0.15) is 18.7 Å². The van der Waals surface area contributed by atoms with E-state index in [1.807, 2.05) is 19.4 Å². The molecule has 4 nitrogen and oxygen atoms in total. The molecule has 0 aliphatic carbocycles. The average molecular weight is 304 g/mol. The fourth-order valence-corrected chi connectivity index (χ4v) is 1.86. The molecule has 1 saturated heterocycles. The van der Waals surface area contributed by atoms with Crippen LogP contribution in [0.25, 0.3) is 0 Å². The van der Waals surface area contributed by atoms with Gasteiger partial charge in [-0.1, -0.05) is 0 Å². The molecule has 0 atom stereocenters. The lowest BCUT2D eigenvalue weighted by molar-refractivity contribution is 0.199. The van der Waals surface area contributed by atoms with Gasteiger partial charge in [-0.15, -0.1) is 37.2 Å². The number of nitrogens with two attached hydrogens (primary N) is 1. The van der Waals surface area contributed by atoms with Gasteiger partial charge in [-0.3, -0.25) is 4.90 Å². The highest BCUT2D eigenvalue weighted by atomic mass is 35.5. The maximum atomic E-state index is 5.85. The van der Waals surface area contributed by atoms with E-state index in [1.165, 1.54) is 0 Å². The van der Waals surface area contributed by atoms with Crippen molar-refractivity contribution in [2.75, 3.05) is 13.1 Å². The van der Waals surface area contributed by atoms with Crippen molar-refractivity contribution in [3.8, 4) is 0 Å². The molecule has 1 aliphatic heterocycles. The van der Waals surface area contributed by atoms with Crippen molar-refractivity contribution in [3.05, 3.63) is 18.2 Å². The number of halogens is 3. The van der Waals surface area contributed by atoms with Gasteiger partial charge in [0, 0.05) is 38.6 Å². The van der Waals surface area contributed by atoms with Crippen LogP contribution in [0, 0.1) is 0 Å². The molecule has 0 saturated carbocycles. The van der Waals surface area contributed by atoms with Gasteiger partial charge in [0.25, 0.3) is 0 Å². The number of imidazole rings is 1. The second-order valence-corrected chi connectivity index (χ2v) is 4.07. The molecule has 2 heterocycles. The standard InChI is InChI=1S/C10H18N4.3ClH/c1-13-7-4-12-10(13)8-14-5-2-9(11)3-6-14;;;/h4,7,9H,2-3,5-6,8,11H2,1H3;3*1H. The van der Waals surface area contributed by atoms with E-state index in [1.54, 1.807) is 0 Å². The average Bonchev–Trinajstić information content (AvgIpc) is 2.56. The molecule has 1 aromatic rings. The van der Waals surface area contributed by atoms with E-state index in [-0.39, 0.29) is 37.2 Å². The molecule has 102 valence electrons. The smallest absolute Gasteiger partial charge is 0.122 e. The van der Waals surface area contributed by atoms with Crippen molar-refractivity contribution < 1.29 is 0 Å². The summed E-state index contributed by atoms with van der Waals surface area (Å²) in [5.41, 5.74) is 5.85. The lowest BCUT2D eigenvalue weighted by Gasteiger charge is -2.29. The quantitative estimate of drug-likeness (QED) is 0.903. The highest BCUT2D eigenvalue weighted by molar-refractivity contribution is 5.86. The van der Waals surface area contributed by atoms with Crippen molar-refractivity contribution in [1.82, 2.24) is 14.5 Å². The highest BCUT2D eigenvalue weighted by Gasteiger charge is 2.16. The third-order valence-corrected chi connectivity index (χ3v) is 2.92. The van der Waals surface area contributed by atoms with Crippen molar-refractivity contribution in [2.24, 2.45) is 12.8 Å². The molecule has 0 spiro atoms. The molecular formula is C10H21Cl3N4. The summed E-state index contributed by atoms with van der Waals surface area (Å²) in [7, 11) is 2.04. The molecule has 17 heavy (non-hydrogen) atoms. The number of hydrogen-bond acceptors (Lipinski definition) is 3. The fraction of sp³-hybridized carbons (Fsp3) is 0.700. The van der Waals surface area contributed by atoms with Crippen LogP contribution in [0.2, 0.25) is 0 Å². The summed E-state index contributed by atoms with van der Waals surface area (Å²) in [6, 6.07) is 0.410. The Kier molecular flexibility index (Phi) is 10.2. The molecule has 0 unspecified atom stereocenters. The molecule has 1 aliphatic rings. The first-order valence-corrected chi connectivity index (χ1v) is 5.20. The van der Waals surface area contributed by atoms with Crippen LogP contribution in [0.15, 0.2) is 12.4 Å². The number of piperidine rings is 1. The van der Waals surface area contributed by atoms with Crippen molar-refractivity contribution in [1.29, 1.82) is 0 Å². The van der Waals surface area contributed by atoms with E-state index in [9.17, 15) is 0 Å². The minimum Gasteiger partial charge on any atom is -0.337 e. The minimum atomic E-state index is 0. The zero-order valence-electron chi connectivity index (χ0n) is 9.91. The van der Waals surface area contributed by atoms with Gasteiger partial charge in [-0.2, -0.15) is 0 Å². The van der Waals surface area contributed by atoms with E-state index in [2.05, 4.69) is 14.5 Å². The minimum absolute atomic E-state index is 0. The van der Waals surface area contributed by atoms with Gasteiger partial charge in [0.15, 0.2) is 0 Å². The molecule has 7 heteroatoms. The first kappa shape index (κ1) is 19.3. The van der Waals surface area contributed by atoms with E-state index >= 15 is 0 Å². The summed E-state index contributed by atoms with van der Waals surface area (Å²) in [6.45, 7) is 3.16. The maximum absolute atomic E-state index is 5.85. The summed E-state index contributed by atoms with van der Waals surface area (Å²) < 4.78 is 2.08. The topological polar surface area (TPSA) is 47.1 Å². The van der Waals surface area contributed by atoms with Gasteiger partial charge in [-0.05, 0) is 12.8 Å². The highest BCUT2D eigenvalue weighted by Crippen LogP contribution is 2.10. The van der Waals surface area contributed by atoms with Gasteiger partial charge < -0.3 is 10.3 Å². The molecular weight excluding hydrogens is 282 g/mol. The van der Waals surface area contributed by atoms with Crippen LogP contribution < -0.4 is 5.73 Å². The lowest BCUT2D eigenvalue weighted by atomic mass is 10.1. The van der Waals surface area contributed by atoms with Crippen molar-refractivity contribution in [2.45, 2.75) is 25.4 Å². The number of nitrogens with zero attached hydrogens (tertiary/aromatic N) is 3. The Bertz CT molecular complexity index is 297. The largest absolute Gasteiger partial charge is 0.337 e. The zero-order chi connectivity index (χ0) is 9.97. The maximum Gasteiger partial charge on any atom is 0.122 e. The SMILES string of the molecule is Cl.Cl.Cl.Cn1ccnc1CN1CCC(N)CC1. The third-order valence-electron chi connectivity index (χ3n) is 2.92. The Balaban J connectivity index is 0. The lowest BCUT2D eigenvalue weighted by Crippen LogP contribution is -2.39. The zero-order valence-corrected chi connectivity index (χ0v) is 12.4. The fourth-order valence-electron chi connectivity index (χ4n) is 1.86. The summed E-state index contributed by atoms with van der Waals surface area (Å²) >= 11 is 0. The molecule has 0 bridgehead atoms. The molecule has 0 amide bonds. The van der Waals surface area contributed by atoms with Crippen LogP contribution in [0.4, 0.5) is 0 Å². The Morgan fingerprint density at radius 3 is 2.35 bits per heavy atom. The molecule has 0 aromatic carbocycles. The van der Waals surface area contributed by atoms with Crippen LogP contribution in [-0.2, 0) is 13.6 Å². The van der Waals surface area contributed by atoms with E-state index in [0.29, 0.717) is 6.04 Å². The Hall–Kier alpha value is -0.0000000000000000971.